The second kappa shape index (κ2) is 3.08. The number of hydrogen-bond donors (Lipinski definition) is 0. The summed E-state index contributed by atoms with van der Waals surface area (Å²) in [7, 11) is 0. The molecule has 0 radical (unpaired) electrons. The third-order valence-electron chi connectivity index (χ3n) is 2.07. The Bertz CT molecular complexity index is 387. The SMILES string of the molecule is CC(C)c1ccc2c(c1)OC=C=N2. The highest BCUT2D eigenvalue weighted by Crippen LogP contribution is 2.32. The quantitative estimate of drug-likeness (QED) is 0.639. The summed E-state index contributed by atoms with van der Waals surface area (Å²) in [5, 5.41) is 0. The zero-order chi connectivity index (χ0) is 9.26. The number of benzene rings is 1. The van der Waals surface area contributed by atoms with Crippen LogP contribution < -0.4 is 4.74 Å². The predicted molar refractivity (Wildman–Crippen MR) is 52.8 cm³/mol. The summed E-state index contributed by atoms with van der Waals surface area (Å²) in [6.07, 6.45) is 1.48. The van der Waals surface area contributed by atoms with Crippen molar-refractivity contribution in [1.29, 1.82) is 0 Å². The Labute approximate surface area is 77.6 Å². The minimum atomic E-state index is 0.517. The van der Waals surface area contributed by atoms with Gasteiger partial charge in [0.15, 0.2) is 12.0 Å². The molecule has 66 valence electrons. The Balaban J connectivity index is 2.46. The van der Waals surface area contributed by atoms with Crippen LogP contribution in [0, 0.1) is 0 Å². The third kappa shape index (κ3) is 1.49. The molecular weight excluding hydrogens is 162 g/mol. The number of ether oxygens (including phenoxy) is 1. The summed E-state index contributed by atoms with van der Waals surface area (Å²) in [6.45, 7) is 4.31. The largest absolute Gasteiger partial charge is 0.453 e. The Kier molecular flexibility index (Phi) is 1.91. The Morgan fingerprint density at radius 2 is 2.23 bits per heavy atom. The lowest BCUT2D eigenvalue weighted by Crippen LogP contribution is -1.92. The second-order valence-electron chi connectivity index (χ2n) is 3.36. The molecule has 0 fully saturated rings. The summed E-state index contributed by atoms with van der Waals surface area (Å²) in [4.78, 5) is 4.06. The van der Waals surface area contributed by atoms with E-state index in [1.165, 1.54) is 11.8 Å². The van der Waals surface area contributed by atoms with Crippen molar-refractivity contribution in [3.63, 3.8) is 0 Å². The summed E-state index contributed by atoms with van der Waals surface area (Å²) in [6, 6.07) is 6.06. The minimum absolute atomic E-state index is 0.517. The number of nitrogens with zero attached hydrogens (tertiary/aromatic N) is 1. The van der Waals surface area contributed by atoms with Crippen LogP contribution in [-0.4, -0.2) is 5.87 Å². The highest BCUT2D eigenvalue weighted by molar-refractivity contribution is 5.66. The van der Waals surface area contributed by atoms with E-state index in [0.717, 1.165) is 11.4 Å². The van der Waals surface area contributed by atoms with Crippen LogP contribution in [0.15, 0.2) is 29.5 Å². The highest BCUT2D eigenvalue weighted by atomic mass is 16.5. The summed E-state index contributed by atoms with van der Waals surface area (Å²) >= 11 is 0. The van der Waals surface area contributed by atoms with Gasteiger partial charge >= 0.3 is 0 Å². The lowest BCUT2D eigenvalue weighted by Gasteiger charge is -2.10. The van der Waals surface area contributed by atoms with E-state index >= 15 is 0 Å². The molecule has 0 N–H and O–H groups in total. The van der Waals surface area contributed by atoms with Gasteiger partial charge in [-0.1, -0.05) is 19.9 Å². The Morgan fingerprint density at radius 1 is 1.38 bits per heavy atom. The zero-order valence-electron chi connectivity index (χ0n) is 7.74. The molecule has 0 aromatic heterocycles. The molecule has 0 saturated carbocycles. The molecule has 0 spiro atoms. The van der Waals surface area contributed by atoms with Gasteiger partial charge in [-0.05, 0) is 23.6 Å². The maximum absolute atomic E-state index is 5.28. The van der Waals surface area contributed by atoms with Crippen molar-refractivity contribution in [2.45, 2.75) is 19.8 Å². The van der Waals surface area contributed by atoms with E-state index in [1.54, 1.807) is 0 Å². The van der Waals surface area contributed by atoms with Crippen molar-refractivity contribution in [2.24, 2.45) is 4.99 Å². The van der Waals surface area contributed by atoms with Crippen LogP contribution in [0.5, 0.6) is 5.75 Å². The summed E-state index contributed by atoms with van der Waals surface area (Å²) in [5.74, 6) is 4.01. The lowest BCUT2D eigenvalue weighted by molar-refractivity contribution is 0.485. The smallest absolute Gasteiger partial charge is 0.154 e. The molecule has 1 aliphatic rings. The van der Waals surface area contributed by atoms with Crippen LogP contribution >= 0.6 is 0 Å². The van der Waals surface area contributed by atoms with E-state index < -0.39 is 0 Å². The first-order valence-electron chi connectivity index (χ1n) is 4.36. The van der Waals surface area contributed by atoms with Gasteiger partial charge in [-0.15, -0.1) is 0 Å². The fourth-order valence-electron chi connectivity index (χ4n) is 1.26. The first-order valence-corrected chi connectivity index (χ1v) is 4.36. The molecule has 1 heterocycles. The number of hydrogen-bond acceptors (Lipinski definition) is 2. The van der Waals surface area contributed by atoms with E-state index in [9.17, 15) is 0 Å². The first kappa shape index (κ1) is 8.09. The van der Waals surface area contributed by atoms with Gasteiger partial charge in [0.25, 0.3) is 0 Å². The molecule has 1 aromatic carbocycles. The maximum atomic E-state index is 5.28. The van der Waals surface area contributed by atoms with E-state index in [1.807, 2.05) is 12.1 Å². The molecule has 13 heavy (non-hydrogen) atoms. The average Bonchev–Trinajstić information content (AvgIpc) is 2.17. The first-order chi connectivity index (χ1) is 6.27. The van der Waals surface area contributed by atoms with Crippen molar-refractivity contribution >= 4 is 11.6 Å². The zero-order valence-corrected chi connectivity index (χ0v) is 7.74. The van der Waals surface area contributed by atoms with E-state index in [4.69, 9.17) is 4.74 Å². The second-order valence-corrected chi connectivity index (χ2v) is 3.36. The lowest BCUT2D eigenvalue weighted by atomic mass is 10.0. The van der Waals surface area contributed by atoms with Crippen LogP contribution in [-0.2, 0) is 0 Å². The normalized spacial score (nSPS) is 12.8. The molecule has 0 unspecified atom stereocenters. The van der Waals surface area contributed by atoms with Crippen molar-refractivity contribution < 1.29 is 4.74 Å². The average molecular weight is 173 g/mol. The van der Waals surface area contributed by atoms with Gasteiger partial charge in [0.05, 0.1) is 0 Å². The number of rotatable bonds is 1. The fourth-order valence-corrected chi connectivity index (χ4v) is 1.26. The van der Waals surface area contributed by atoms with Crippen LogP contribution in [0.1, 0.15) is 25.3 Å². The van der Waals surface area contributed by atoms with Crippen LogP contribution in [0.3, 0.4) is 0 Å². The maximum Gasteiger partial charge on any atom is 0.154 e. The van der Waals surface area contributed by atoms with Gasteiger partial charge < -0.3 is 4.74 Å². The van der Waals surface area contributed by atoms with Crippen LogP contribution in [0.2, 0.25) is 0 Å². The standard InChI is InChI=1S/C11H11NO/c1-8(2)9-3-4-10-11(7-9)13-6-5-12-10/h3-4,6-8H,1-2H3. The van der Waals surface area contributed by atoms with E-state index in [-0.39, 0.29) is 0 Å². The van der Waals surface area contributed by atoms with E-state index in [0.29, 0.717) is 5.92 Å². The topological polar surface area (TPSA) is 21.6 Å². The number of aliphatic imine (C=N–C) groups is 1. The van der Waals surface area contributed by atoms with Gasteiger partial charge in [-0.25, -0.2) is 0 Å². The van der Waals surface area contributed by atoms with Crippen molar-refractivity contribution in [3.8, 4) is 5.75 Å². The summed E-state index contributed by atoms with van der Waals surface area (Å²) < 4.78 is 5.28. The molecule has 0 bridgehead atoms. The highest BCUT2D eigenvalue weighted by Gasteiger charge is 2.07. The van der Waals surface area contributed by atoms with Gasteiger partial charge in [-0.2, -0.15) is 4.99 Å². The molecule has 1 aromatic rings. The van der Waals surface area contributed by atoms with Crippen LogP contribution in [0.4, 0.5) is 5.69 Å². The molecule has 0 saturated heterocycles. The van der Waals surface area contributed by atoms with Crippen molar-refractivity contribution in [3.05, 3.63) is 30.0 Å². The van der Waals surface area contributed by atoms with Gasteiger partial charge in [0.1, 0.15) is 5.69 Å². The van der Waals surface area contributed by atoms with Crippen molar-refractivity contribution in [2.75, 3.05) is 0 Å². The molecule has 2 heteroatoms. The monoisotopic (exact) mass is 173 g/mol. The molecule has 2 rings (SSSR count). The van der Waals surface area contributed by atoms with Gasteiger partial charge in [0, 0.05) is 5.87 Å². The predicted octanol–water partition coefficient (Wildman–Crippen LogP) is 3.02. The molecule has 1 aliphatic heterocycles. The van der Waals surface area contributed by atoms with Gasteiger partial charge in [0.2, 0.25) is 0 Å². The number of fused-ring (bicyclic) bond motifs is 1. The molecule has 0 amide bonds. The minimum Gasteiger partial charge on any atom is -0.453 e. The Hall–Kier alpha value is -1.53. The molecule has 0 aliphatic carbocycles. The Morgan fingerprint density at radius 3 is 3.00 bits per heavy atom. The molecule has 2 nitrogen and oxygen atoms in total. The van der Waals surface area contributed by atoms with Gasteiger partial charge in [-0.3, -0.25) is 0 Å². The van der Waals surface area contributed by atoms with Crippen molar-refractivity contribution in [1.82, 2.24) is 0 Å². The third-order valence-corrected chi connectivity index (χ3v) is 2.07. The van der Waals surface area contributed by atoms with Crippen LogP contribution in [0.25, 0.3) is 0 Å². The molecule has 0 atom stereocenters. The fraction of sp³-hybridized carbons (Fsp3) is 0.273. The van der Waals surface area contributed by atoms with E-state index in [2.05, 4.69) is 30.8 Å². The molecular formula is C11H11NO. The summed E-state index contributed by atoms with van der Waals surface area (Å²) in [5.41, 5.74) is 2.12.